The number of anilines is 1. The first-order chi connectivity index (χ1) is 15.4. The van der Waals surface area contributed by atoms with Crippen molar-refractivity contribution >= 4 is 29.4 Å². The quantitative estimate of drug-likeness (QED) is 0.643. The van der Waals surface area contributed by atoms with Crippen LogP contribution < -0.4 is 10.3 Å². The Kier molecular flexibility index (Phi) is 5.85. The highest BCUT2D eigenvalue weighted by Gasteiger charge is 2.30. The van der Waals surface area contributed by atoms with Gasteiger partial charge in [-0.2, -0.15) is 5.01 Å². The highest BCUT2D eigenvalue weighted by atomic mass is 16.2. The summed E-state index contributed by atoms with van der Waals surface area (Å²) >= 11 is 0. The normalized spacial score (nSPS) is 14.7. The van der Waals surface area contributed by atoms with Gasteiger partial charge in [0.25, 0.3) is 11.8 Å². The number of hydrogen-bond acceptors (Lipinski definition) is 4. The van der Waals surface area contributed by atoms with Gasteiger partial charge in [0.05, 0.1) is 0 Å². The van der Waals surface area contributed by atoms with Crippen LogP contribution in [0.15, 0.2) is 89.6 Å². The molecule has 3 aromatic carbocycles. The molecule has 32 heavy (non-hydrogen) atoms. The van der Waals surface area contributed by atoms with Crippen molar-refractivity contribution in [2.75, 3.05) is 19.0 Å². The number of amidine groups is 1. The van der Waals surface area contributed by atoms with Gasteiger partial charge >= 0.3 is 0 Å². The maximum absolute atomic E-state index is 13.2. The summed E-state index contributed by atoms with van der Waals surface area (Å²) < 4.78 is 0. The predicted octanol–water partition coefficient (Wildman–Crippen LogP) is 4.04. The summed E-state index contributed by atoms with van der Waals surface area (Å²) in [6.07, 6.45) is 1.71. The summed E-state index contributed by atoms with van der Waals surface area (Å²) in [7, 11) is 3.94. The first-order valence-corrected chi connectivity index (χ1v) is 10.3. The minimum atomic E-state index is -0.443. The van der Waals surface area contributed by atoms with Crippen LogP contribution in [0.5, 0.6) is 0 Å². The molecule has 0 saturated carbocycles. The lowest BCUT2D eigenvalue weighted by atomic mass is 10.1. The molecule has 3 aromatic rings. The van der Waals surface area contributed by atoms with Crippen molar-refractivity contribution in [1.29, 1.82) is 0 Å². The number of hydrazine groups is 1. The molecule has 0 aromatic heterocycles. The van der Waals surface area contributed by atoms with Crippen LogP contribution in [0, 0.1) is 6.92 Å². The molecular weight excluding hydrogens is 400 g/mol. The number of carbonyl (C=O) groups is 2. The molecule has 160 valence electrons. The maximum atomic E-state index is 13.2. The lowest BCUT2D eigenvalue weighted by molar-refractivity contribution is -0.120. The molecule has 6 nitrogen and oxygen atoms in total. The van der Waals surface area contributed by atoms with E-state index in [4.69, 9.17) is 0 Å². The third kappa shape index (κ3) is 4.44. The topological polar surface area (TPSA) is 65.0 Å². The van der Waals surface area contributed by atoms with Gasteiger partial charge in [-0.15, -0.1) is 0 Å². The van der Waals surface area contributed by atoms with E-state index in [2.05, 4.69) is 10.4 Å². The Morgan fingerprint density at radius 1 is 0.938 bits per heavy atom. The molecule has 0 unspecified atom stereocenters. The number of aryl methyl sites for hydroxylation is 1. The van der Waals surface area contributed by atoms with Gasteiger partial charge in [0.15, 0.2) is 5.84 Å². The second-order valence-corrected chi connectivity index (χ2v) is 7.76. The van der Waals surface area contributed by atoms with Crippen LogP contribution >= 0.6 is 0 Å². The Balaban J connectivity index is 1.74. The largest absolute Gasteiger partial charge is 0.378 e. The summed E-state index contributed by atoms with van der Waals surface area (Å²) in [4.78, 5) is 32.7. The summed E-state index contributed by atoms with van der Waals surface area (Å²) in [5.74, 6) is -0.427. The van der Waals surface area contributed by atoms with Gasteiger partial charge in [0.1, 0.15) is 5.70 Å². The molecule has 2 amide bonds. The zero-order valence-corrected chi connectivity index (χ0v) is 18.2. The number of nitrogens with zero attached hydrogens (tertiary/aromatic N) is 3. The van der Waals surface area contributed by atoms with Crippen molar-refractivity contribution < 1.29 is 9.59 Å². The molecule has 1 aliphatic rings. The average Bonchev–Trinajstić information content (AvgIpc) is 2.81. The standard InChI is InChI=1S/C26H24N4O2/c1-18-9-13-21(14-10-18)26(32)30-24(20-7-5-4-6-8-20)27-23(25(31)28-30)17-19-11-15-22(16-12-19)29(2)3/h4-17H,1-3H3,(H,28,31)/b23-17+. The van der Waals surface area contributed by atoms with E-state index in [1.807, 2.05) is 92.6 Å². The smallest absolute Gasteiger partial charge is 0.288 e. The summed E-state index contributed by atoms with van der Waals surface area (Å²) in [6, 6.07) is 24.3. The van der Waals surface area contributed by atoms with E-state index >= 15 is 0 Å². The molecule has 0 atom stereocenters. The van der Waals surface area contributed by atoms with Gasteiger partial charge in [-0.05, 0) is 42.8 Å². The minimum Gasteiger partial charge on any atom is -0.378 e. The zero-order chi connectivity index (χ0) is 22.7. The van der Waals surface area contributed by atoms with Crippen molar-refractivity contribution in [2.45, 2.75) is 6.92 Å². The zero-order valence-electron chi connectivity index (χ0n) is 18.2. The number of amides is 2. The third-order valence-corrected chi connectivity index (χ3v) is 5.13. The lowest BCUT2D eigenvalue weighted by Gasteiger charge is -2.29. The third-order valence-electron chi connectivity index (χ3n) is 5.13. The van der Waals surface area contributed by atoms with Gasteiger partial charge in [-0.1, -0.05) is 60.2 Å². The highest BCUT2D eigenvalue weighted by Crippen LogP contribution is 2.20. The van der Waals surface area contributed by atoms with Gasteiger partial charge in [-0.3, -0.25) is 15.0 Å². The van der Waals surface area contributed by atoms with Crippen LogP contribution in [-0.4, -0.2) is 36.8 Å². The Labute approximate surface area is 187 Å². The number of benzene rings is 3. The van der Waals surface area contributed by atoms with Crippen LogP contribution in [0.2, 0.25) is 0 Å². The molecule has 1 N–H and O–H groups in total. The summed E-state index contributed by atoms with van der Waals surface area (Å²) in [5.41, 5.74) is 7.08. The molecule has 0 saturated heterocycles. The van der Waals surface area contributed by atoms with E-state index in [0.29, 0.717) is 11.4 Å². The second kappa shape index (κ2) is 8.89. The molecule has 0 aliphatic carbocycles. The van der Waals surface area contributed by atoms with Crippen molar-refractivity contribution in [3.63, 3.8) is 0 Å². The molecular formula is C26H24N4O2. The molecule has 1 aliphatic heterocycles. The van der Waals surface area contributed by atoms with Crippen LogP contribution in [-0.2, 0) is 4.79 Å². The van der Waals surface area contributed by atoms with Crippen LogP contribution in [0.4, 0.5) is 5.69 Å². The Morgan fingerprint density at radius 3 is 2.22 bits per heavy atom. The SMILES string of the molecule is Cc1ccc(C(=O)N2NC(=O)/C(=C\c3ccc(N(C)C)cc3)N=C2c2ccccc2)cc1. The van der Waals surface area contributed by atoms with Crippen molar-refractivity contribution in [3.05, 3.63) is 107 Å². The van der Waals surface area contributed by atoms with E-state index in [1.54, 1.807) is 18.2 Å². The summed E-state index contributed by atoms with van der Waals surface area (Å²) in [6.45, 7) is 1.95. The molecule has 6 heteroatoms. The Morgan fingerprint density at radius 2 is 1.59 bits per heavy atom. The first kappa shape index (κ1) is 21.1. The van der Waals surface area contributed by atoms with Gasteiger partial charge < -0.3 is 4.90 Å². The number of hydrogen-bond donors (Lipinski definition) is 1. The van der Waals surface area contributed by atoms with E-state index in [9.17, 15) is 9.59 Å². The fraction of sp³-hybridized carbons (Fsp3) is 0.115. The number of rotatable bonds is 4. The van der Waals surface area contributed by atoms with E-state index in [0.717, 1.165) is 22.4 Å². The molecule has 4 rings (SSSR count). The molecule has 0 spiro atoms. The number of aliphatic imine (C=N–C) groups is 1. The Bertz CT molecular complexity index is 1190. The first-order valence-electron chi connectivity index (χ1n) is 10.3. The van der Waals surface area contributed by atoms with E-state index in [1.165, 1.54) is 5.01 Å². The van der Waals surface area contributed by atoms with Crippen LogP contribution in [0.3, 0.4) is 0 Å². The number of carbonyl (C=O) groups excluding carboxylic acids is 2. The number of nitrogens with one attached hydrogen (secondary N) is 1. The molecule has 0 fully saturated rings. The molecule has 0 bridgehead atoms. The van der Waals surface area contributed by atoms with Crippen LogP contribution in [0.25, 0.3) is 6.08 Å². The second-order valence-electron chi connectivity index (χ2n) is 7.76. The highest BCUT2D eigenvalue weighted by molar-refractivity contribution is 6.18. The fourth-order valence-corrected chi connectivity index (χ4v) is 3.30. The Hall–Kier alpha value is -4.19. The lowest BCUT2D eigenvalue weighted by Crippen LogP contribution is -2.53. The van der Waals surface area contributed by atoms with Crippen LogP contribution in [0.1, 0.15) is 27.0 Å². The van der Waals surface area contributed by atoms with Crippen molar-refractivity contribution in [2.24, 2.45) is 4.99 Å². The monoisotopic (exact) mass is 424 g/mol. The van der Waals surface area contributed by atoms with Gasteiger partial charge in [0, 0.05) is 30.9 Å². The van der Waals surface area contributed by atoms with Gasteiger partial charge in [0.2, 0.25) is 0 Å². The molecule has 0 radical (unpaired) electrons. The summed E-state index contributed by atoms with van der Waals surface area (Å²) in [5, 5.41) is 1.22. The van der Waals surface area contributed by atoms with E-state index < -0.39 is 5.91 Å². The average molecular weight is 425 g/mol. The van der Waals surface area contributed by atoms with Crippen molar-refractivity contribution in [3.8, 4) is 0 Å². The maximum Gasteiger partial charge on any atom is 0.288 e. The minimum absolute atomic E-state index is 0.231. The molecule has 1 heterocycles. The fourth-order valence-electron chi connectivity index (χ4n) is 3.30. The van der Waals surface area contributed by atoms with Crippen molar-refractivity contribution in [1.82, 2.24) is 10.4 Å². The van der Waals surface area contributed by atoms with Gasteiger partial charge in [-0.25, -0.2) is 4.99 Å². The predicted molar refractivity (Wildman–Crippen MR) is 127 cm³/mol. The van der Waals surface area contributed by atoms with E-state index in [-0.39, 0.29) is 11.6 Å².